The molecule has 0 aliphatic rings. The zero-order valence-electron chi connectivity index (χ0n) is 16.3. The standard InChI is InChI=1S/C22H17ClN4O3S/c1-30-17-11-14(24-21(29)25-16-10-6-5-9-15(16)23)12-18-19(17)26-22(31-18)27-20(28)13-7-3-2-4-8-13/h2-12H,1H3,(H2,24,25,29)(H,26,27,28). The third kappa shape index (κ3) is 4.76. The molecule has 7 nitrogen and oxygen atoms in total. The summed E-state index contributed by atoms with van der Waals surface area (Å²) in [4.78, 5) is 29.3. The van der Waals surface area contributed by atoms with Crippen LogP contribution in [-0.2, 0) is 0 Å². The van der Waals surface area contributed by atoms with Crippen LogP contribution in [0.5, 0.6) is 5.75 Å². The van der Waals surface area contributed by atoms with Gasteiger partial charge in [-0.05, 0) is 30.3 Å². The van der Waals surface area contributed by atoms with Crippen LogP contribution in [0, 0.1) is 0 Å². The van der Waals surface area contributed by atoms with Crippen LogP contribution in [0.25, 0.3) is 10.2 Å². The number of methoxy groups -OCH3 is 1. The van der Waals surface area contributed by atoms with Gasteiger partial charge in [-0.1, -0.05) is 53.3 Å². The molecule has 0 aliphatic carbocycles. The SMILES string of the molecule is COc1cc(NC(=O)Nc2ccccc2Cl)cc2sc(NC(=O)c3ccccc3)nc12. The van der Waals surface area contributed by atoms with Gasteiger partial charge in [-0.2, -0.15) is 0 Å². The van der Waals surface area contributed by atoms with Crippen molar-refractivity contribution in [3.05, 3.63) is 77.3 Å². The number of fused-ring (bicyclic) bond motifs is 1. The minimum atomic E-state index is -0.448. The molecule has 1 aromatic heterocycles. The van der Waals surface area contributed by atoms with Crippen molar-refractivity contribution in [1.82, 2.24) is 4.98 Å². The monoisotopic (exact) mass is 452 g/mol. The number of benzene rings is 3. The number of anilines is 3. The Bertz CT molecular complexity index is 1260. The first-order valence-electron chi connectivity index (χ1n) is 9.21. The summed E-state index contributed by atoms with van der Waals surface area (Å²) in [5.41, 5.74) is 2.14. The molecule has 9 heteroatoms. The third-order valence-electron chi connectivity index (χ3n) is 4.32. The van der Waals surface area contributed by atoms with Crippen molar-refractivity contribution in [2.45, 2.75) is 0 Å². The maximum absolute atomic E-state index is 12.4. The number of halogens is 1. The van der Waals surface area contributed by atoms with E-state index in [1.165, 1.54) is 18.4 Å². The zero-order valence-corrected chi connectivity index (χ0v) is 17.9. The number of amides is 3. The highest BCUT2D eigenvalue weighted by Crippen LogP contribution is 2.35. The first-order valence-corrected chi connectivity index (χ1v) is 10.4. The first-order chi connectivity index (χ1) is 15.0. The average molecular weight is 453 g/mol. The summed E-state index contributed by atoms with van der Waals surface area (Å²) >= 11 is 7.36. The number of rotatable bonds is 5. The summed E-state index contributed by atoms with van der Waals surface area (Å²) in [6.45, 7) is 0. The van der Waals surface area contributed by atoms with E-state index in [1.54, 1.807) is 60.7 Å². The second-order valence-corrected chi connectivity index (χ2v) is 7.86. The molecule has 0 aliphatic heterocycles. The lowest BCUT2D eigenvalue weighted by atomic mass is 10.2. The van der Waals surface area contributed by atoms with Gasteiger partial charge in [0.15, 0.2) is 5.13 Å². The fraction of sp³-hybridized carbons (Fsp3) is 0.0455. The van der Waals surface area contributed by atoms with E-state index in [0.717, 1.165) is 4.70 Å². The molecule has 156 valence electrons. The summed E-state index contributed by atoms with van der Waals surface area (Å²) in [5, 5.41) is 9.13. The molecular weight excluding hydrogens is 436 g/mol. The highest BCUT2D eigenvalue weighted by molar-refractivity contribution is 7.22. The van der Waals surface area contributed by atoms with Crippen LogP contribution in [0.1, 0.15) is 10.4 Å². The van der Waals surface area contributed by atoms with Gasteiger partial charge in [0.1, 0.15) is 11.3 Å². The van der Waals surface area contributed by atoms with Crippen LogP contribution < -0.4 is 20.7 Å². The largest absolute Gasteiger partial charge is 0.494 e. The molecule has 3 aromatic carbocycles. The fourth-order valence-corrected chi connectivity index (χ4v) is 3.99. The van der Waals surface area contributed by atoms with Crippen molar-refractivity contribution in [3.8, 4) is 5.75 Å². The molecular formula is C22H17ClN4O3S. The van der Waals surface area contributed by atoms with Crippen molar-refractivity contribution >= 4 is 61.6 Å². The Morgan fingerprint density at radius 3 is 2.45 bits per heavy atom. The highest BCUT2D eigenvalue weighted by Gasteiger charge is 2.15. The maximum Gasteiger partial charge on any atom is 0.323 e. The normalized spacial score (nSPS) is 10.5. The van der Waals surface area contributed by atoms with E-state index in [0.29, 0.717) is 38.4 Å². The lowest BCUT2D eigenvalue weighted by Crippen LogP contribution is -2.19. The number of carbonyl (C=O) groups is 2. The Kier molecular flexibility index (Phi) is 6.01. The van der Waals surface area contributed by atoms with E-state index in [1.807, 2.05) is 6.07 Å². The van der Waals surface area contributed by atoms with Crippen LogP contribution in [0.15, 0.2) is 66.7 Å². The third-order valence-corrected chi connectivity index (χ3v) is 5.56. The van der Waals surface area contributed by atoms with Gasteiger partial charge in [-0.25, -0.2) is 9.78 Å². The quantitative estimate of drug-likeness (QED) is 0.354. The van der Waals surface area contributed by atoms with Crippen LogP contribution >= 0.6 is 22.9 Å². The molecule has 1 heterocycles. The molecule has 0 atom stereocenters. The Morgan fingerprint density at radius 1 is 0.968 bits per heavy atom. The molecule has 31 heavy (non-hydrogen) atoms. The van der Waals surface area contributed by atoms with Gasteiger partial charge in [0.2, 0.25) is 0 Å². The van der Waals surface area contributed by atoms with Gasteiger partial charge in [0, 0.05) is 17.3 Å². The van der Waals surface area contributed by atoms with Crippen molar-refractivity contribution in [2.24, 2.45) is 0 Å². The number of carbonyl (C=O) groups excluding carboxylic acids is 2. The molecule has 0 saturated carbocycles. The van der Waals surface area contributed by atoms with Crippen LogP contribution in [-0.4, -0.2) is 24.0 Å². The highest BCUT2D eigenvalue weighted by atomic mass is 35.5. The summed E-state index contributed by atoms with van der Waals surface area (Å²) in [6, 6.07) is 18.8. The first kappa shape index (κ1) is 20.6. The van der Waals surface area contributed by atoms with Gasteiger partial charge in [-0.3, -0.25) is 10.1 Å². The molecule has 4 rings (SSSR count). The molecule has 0 bridgehead atoms. The van der Waals surface area contributed by atoms with E-state index < -0.39 is 6.03 Å². The van der Waals surface area contributed by atoms with E-state index in [9.17, 15) is 9.59 Å². The number of para-hydroxylation sites is 1. The van der Waals surface area contributed by atoms with Gasteiger partial charge in [-0.15, -0.1) is 0 Å². The zero-order chi connectivity index (χ0) is 21.8. The molecule has 3 amide bonds. The van der Waals surface area contributed by atoms with Crippen LogP contribution in [0.4, 0.5) is 21.3 Å². The Morgan fingerprint density at radius 2 is 1.71 bits per heavy atom. The number of aromatic nitrogens is 1. The Labute approximate surface area is 187 Å². The van der Waals surface area contributed by atoms with Crippen molar-refractivity contribution in [3.63, 3.8) is 0 Å². The molecule has 0 spiro atoms. The van der Waals surface area contributed by atoms with Gasteiger partial charge < -0.3 is 15.4 Å². The van der Waals surface area contributed by atoms with Crippen molar-refractivity contribution in [2.75, 3.05) is 23.1 Å². The second kappa shape index (κ2) is 9.03. The number of hydrogen-bond acceptors (Lipinski definition) is 5. The number of urea groups is 1. The molecule has 4 aromatic rings. The number of thiazole rings is 1. The number of nitrogens with zero attached hydrogens (tertiary/aromatic N) is 1. The maximum atomic E-state index is 12.4. The summed E-state index contributed by atoms with van der Waals surface area (Å²) < 4.78 is 6.17. The van der Waals surface area contributed by atoms with Crippen LogP contribution in [0.3, 0.4) is 0 Å². The molecule has 0 unspecified atom stereocenters. The number of ether oxygens (including phenoxy) is 1. The van der Waals surface area contributed by atoms with Crippen molar-refractivity contribution < 1.29 is 14.3 Å². The van der Waals surface area contributed by atoms with Gasteiger partial charge in [0.25, 0.3) is 5.91 Å². The van der Waals surface area contributed by atoms with E-state index in [-0.39, 0.29) is 5.91 Å². The summed E-state index contributed by atoms with van der Waals surface area (Å²) in [5.74, 6) is 0.220. The fourth-order valence-electron chi connectivity index (χ4n) is 2.89. The molecule has 0 fully saturated rings. The predicted molar refractivity (Wildman–Crippen MR) is 125 cm³/mol. The molecule has 0 radical (unpaired) electrons. The average Bonchev–Trinajstić information content (AvgIpc) is 3.17. The lowest BCUT2D eigenvalue weighted by Gasteiger charge is -2.10. The smallest absolute Gasteiger partial charge is 0.323 e. The van der Waals surface area contributed by atoms with E-state index >= 15 is 0 Å². The summed E-state index contributed by atoms with van der Waals surface area (Å²) in [7, 11) is 1.52. The minimum absolute atomic E-state index is 0.254. The topological polar surface area (TPSA) is 92.4 Å². The molecule has 0 saturated heterocycles. The minimum Gasteiger partial charge on any atom is -0.494 e. The number of nitrogens with one attached hydrogen (secondary N) is 3. The van der Waals surface area contributed by atoms with Crippen molar-refractivity contribution in [1.29, 1.82) is 0 Å². The lowest BCUT2D eigenvalue weighted by molar-refractivity contribution is 0.102. The predicted octanol–water partition coefficient (Wildman–Crippen LogP) is 5.85. The van der Waals surface area contributed by atoms with Crippen LogP contribution in [0.2, 0.25) is 5.02 Å². The Balaban J connectivity index is 1.55. The Hall–Kier alpha value is -3.62. The van der Waals surface area contributed by atoms with Gasteiger partial charge in [0.05, 0.1) is 22.5 Å². The second-order valence-electron chi connectivity index (χ2n) is 6.42. The van der Waals surface area contributed by atoms with Gasteiger partial charge >= 0.3 is 6.03 Å². The van der Waals surface area contributed by atoms with E-state index in [4.69, 9.17) is 16.3 Å². The molecule has 3 N–H and O–H groups in total. The number of hydrogen-bond donors (Lipinski definition) is 3. The summed E-state index contributed by atoms with van der Waals surface area (Å²) in [6.07, 6.45) is 0. The van der Waals surface area contributed by atoms with E-state index in [2.05, 4.69) is 20.9 Å².